The number of aliphatic hydroxyl groups is 4. The number of carboxylic acid groups (broad SMARTS) is 4. The van der Waals surface area contributed by atoms with Gasteiger partial charge in [0.2, 0.25) is 5.78 Å². The van der Waals surface area contributed by atoms with Gasteiger partial charge in [-0.25, -0.2) is 4.79 Å². The second-order valence-corrected chi connectivity index (χ2v) is 10.9. The summed E-state index contributed by atoms with van der Waals surface area (Å²) in [6.45, 7) is 10.2. The molecular weight excluding hydrogens is 584 g/mol. The van der Waals surface area contributed by atoms with Crippen molar-refractivity contribution in [3.8, 4) is 0 Å². The van der Waals surface area contributed by atoms with Crippen LogP contribution in [0.3, 0.4) is 0 Å². The monoisotopic (exact) mass is 640 g/mol. The van der Waals surface area contributed by atoms with E-state index in [9.17, 15) is 44.4 Å². The number of rotatable bonds is 24. The summed E-state index contributed by atoms with van der Waals surface area (Å²) in [5.41, 5.74) is 0. The van der Waals surface area contributed by atoms with Crippen LogP contribution in [0.2, 0.25) is 0 Å². The van der Waals surface area contributed by atoms with Gasteiger partial charge < -0.3 is 40.9 Å². The topological polar surface area (TPSA) is 254 Å². The van der Waals surface area contributed by atoms with E-state index in [4.69, 9.17) is 20.4 Å². The zero-order valence-electron chi connectivity index (χ0n) is 26.6. The van der Waals surface area contributed by atoms with E-state index in [1.165, 1.54) is 0 Å². The maximum absolute atomic E-state index is 10.2. The molecule has 0 amide bonds. The number of carboxylic acids is 4. The largest absolute Gasteiger partial charge is 0.481 e. The van der Waals surface area contributed by atoms with Gasteiger partial charge in [0.1, 0.15) is 0 Å². The number of carbonyl (C=O) groups is 5. The summed E-state index contributed by atoms with van der Waals surface area (Å²) in [5, 5.41) is 70.6. The minimum atomic E-state index is -1.58. The van der Waals surface area contributed by atoms with E-state index in [1.54, 1.807) is 27.7 Å². The van der Waals surface area contributed by atoms with Crippen LogP contribution >= 0.6 is 0 Å². The number of ketones is 1. The Labute approximate surface area is 260 Å². The molecule has 0 aliphatic rings. The SMILES string of the molecule is CC(O)CN(CCN(CC(C)O)CC(C)O)CC(C)O.O=C(O)CCC(=O)C(=O)O.O=C(O)CCCCCCCCC(=O)O. The number of carbonyl (C=O) groups excluding carboxylic acids is 1. The fourth-order valence-corrected chi connectivity index (χ4v) is 3.88. The highest BCUT2D eigenvalue weighted by atomic mass is 16.4. The predicted octanol–water partition coefficient (Wildman–Crippen LogP) is 0.895. The molecule has 0 aliphatic carbocycles. The van der Waals surface area contributed by atoms with Crippen LogP contribution in [-0.2, 0) is 24.0 Å². The maximum Gasteiger partial charge on any atom is 0.372 e. The number of hydrogen-bond donors (Lipinski definition) is 8. The van der Waals surface area contributed by atoms with E-state index < -0.39 is 66.9 Å². The van der Waals surface area contributed by atoms with Gasteiger partial charge in [0.05, 0.1) is 30.8 Å². The van der Waals surface area contributed by atoms with Crippen LogP contribution in [0.5, 0.6) is 0 Å². The highest BCUT2D eigenvalue weighted by molar-refractivity contribution is 6.32. The van der Waals surface area contributed by atoms with Gasteiger partial charge in [0.15, 0.2) is 0 Å². The molecular formula is C29H56N2O13. The van der Waals surface area contributed by atoms with Crippen LogP contribution in [0.25, 0.3) is 0 Å². The molecule has 0 aromatic heterocycles. The molecule has 4 unspecified atom stereocenters. The molecule has 0 saturated heterocycles. The highest BCUT2D eigenvalue weighted by Crippen LogP contribution is 2.08. The summed E-state index contributed by atoms with van der Waals surface area (Å²) in [5.74, 6) is -5.30. The Bertz CT molecular complexity index is 725. The lowest BCUT2D eigenvalue weighted by Crippen LogP contribution is -2.44. The van der Waals surface area contributed by atoms with Gasteiger partial charge in [-0.05, 0) is 40.5 Å². The van der Waals surface area contributed by atoms with Gasteiger partial charge in [-0.3, -0.25) is 29.0 Å². The molecule has 15 heteroatoms. The smallest absolute Gasteiger partial charge is 0.372 e. The molecule has 0 bridgehead atoms. The molecule has 0 heterocycles. The van der Waals surface area contributed by atoms with E-state index >= 15 is 0 Å². The fraction of sp³-hybridized carbons (Fsp3) is 0.828. The number of hydrogen-bond acceptors (Lipinski definition) is 11. The van der Waals surface area contributed by atoms with Gasteiger partial charge in [-0.15, -0.1) is 0 Å². The second-order valence-electron chi connectivity index (χ2n) is 10.9. The lowest BCUT2D eigenvalue weighted by atomic mass is 10.1. The number of nitrogens with zero attached hydrogens (tertiary/aromatic N) is 2. The zero-order valence-corrected chi connectivity index (χ0v) is 26.6. The first-order valence-corrected chi connectivity index (χ1v) is 15.0. The lowest BCUT2D eigenvalue weighted by Gasteiger charge is -2.30. The van der Waals surface area contributed by atoms with E-state index in [-0.39, 0.29) is 12.8 Å². The van der Waals surface area contributed by atoms with Crippen LogP contribution in [0.15, 0.2) is 0 Å². The van der Waals surface area contributed by atoms with Crippen LogP contribution in [0, 0.1) is 0 Å². The molecule has 260 valence electrons. The molecule has 0 aromatic carbocycles. The van der Waals surface area contributed by atoms with Gasteiger partial charge in [0, 0.05) is 58.5 Å². The normalized spacial score (nSPS) is 13.5. The number of unbranched alkanes of at least 4 members (excludes halogenated alkanes) is 5. The van der Waals surface area contributed by atoms with Gasteiger partial charge in [-0.1, -0.05) is 25.7 Å². The van der Waals surface area contributed by atoms with Crippen molar-refractivity contribution in [2.45, 2.75) is 116 Å². The Morgan fingerprint density at radius 1 is 0.455 bits per heavy atom. The molecule has 44 heavy (non-hydrogen) atoms. The minimum absolute atomic E-state index is 0.245. The van der Waals surface area contributed by atoms with Crippen molar-refractivity contribution in [1.82, 2.24) is 9.80 Å². The van der Waals surface area contributed by atoms with Crippen molar-refractivity contribution in [1.29, 1.82) is 0 Å². The molecule has 4 atom stereocenters. The molecule has 0 aliphatic heterocycles. The van der Waals surface area contributed by atoms with Crippen molar-refractivity contribution < 1.29 is 64.8 Å². The molecule has 0 aromatic rings. The Hall–Kier alpha value is -2.69. The molecule has 0 radical (unpaired) electrons. The Morgan fingerprint density at radius 2 is 0.727 bits per heavy atom. The average molecular weight is 641 g/mol. The summed E-state index contributed by atoms with van der Waals surface area (Å²) in [6.07, 6.45) is 3.17. The van der Waals surface area contributed by atoms with Gasteiger partial charge in [0.25, 0.3) is 0 Å². The summed E-state index contributed by atoms with van der Waals surface area (Å²) >= 11 is 0. The van der Waals surface area contributed by atoms with Crippen molar-refractivity contribution in [2.75, 3.05) is 39.3 Å². The molecule has 0 rings (SSSR count). The average Bonchev–Trinajstić information content (AvgIpc) is 2.86. The molecule has 8 N–H and O–H groups in total. The number of aliphatic hydroxyl groups excluding tert-OH is 4. The maximum atomic E-state index is 10.2. The standard InChI is InChI=1S/C14H32N2O4.C10H18O4.C5H6O5/c1-11(17)7-15(8-12(2)18)5-6-16(9-13(3)19)10-14(4)20;11-9(12)7-5-3-1-2-4-6-8-10(13)14;6-3(5(9)10)1-2-4(7)8/h11-14,17-20H,5-10H2,1-4H3;1-8H2,(H,11,12)(H,13,14);1-2H2,(H,7,8)(H,9,10). The third kappa shape index (κ3) is 39.3. The molecule has 0 spiro atoms. The van der Waals surface area contributed by atoms with Crippen molar-refractivity contribution in [2.24, 2.45) is 0 Å². The second kappa shape index (κ2) is 29.0. The summed E-state index contributed by atoms with van der Waals surface area (Å²) in [4.78, 5) is 54.0. The van der Waals surface area contributed by atoms with Gasteiger partial charge >= 0.3 is 23.9 Å². The summed E-state index contributed by atoms with van der Waals surface area (Å²) in [6, 6.07) is 0. The Morgan fingerprint density at radius 3 is 0.955 bits per heavy atom. The number of Topliss-reactive ketones (excluding diaryl/α,β-unsaturated/α-hetero) is 1. The van der Waals surface area contributed by atoms with Crippen LogP contribution in [0.4, 0.5) is 0 Å². The third-order valence-corrected chi connectivity index (χ3v) is 5.66. The first kappa shape index (κ1) is 45.7. The minimum Gasteiger partial charge on any atom is -0.481 e. The molecule has 0 fully saturated rings. The Kier molecular flexibility index (Phi) is 30.2. The van der Waals surface area contributed by atoms with Crippen LogP contribution in [-0.4, -0.2) is 144 Å². The van der Waals surface area contributed by atoms with E-state index in [0.717, 1.165) is 38.5 Å². The predicted molar refractivity (Wildman–Crippen MR) is 161 cm³/mol. The van der Waals surface area contributed by atoms with E-state index in [0.29, 0.717) is 39.3 Å². The fourth-order valence-electron chi connectivity index (χ4n) is 3.88. The third-order valence-electron chi connectivity index (χ3n) is 5.66. The summed E-state index contributed by atoms with van der Waals surface area (Å²) < 4.78 is 0. The van der Waals surface area contributed by atoms with E-state index in [1.807, 2.05) is 9.80 Å². The van der Waals surface area contributed by atoms with Crippen LogP contribution < -0.4 is 0 Å². The zero-order chi connectivity index (χ0) is 34.7. The number of aliphatic carboxylic acids is 4. The summed E-state index contributed by atoms with van der Waals surface area (Å²) in [7, 11) is 0. The van der Waals surface area contributed by atoms with Crippen molar-refractivity contribution >= 4 is 29.7 Å². The quantitative estimate of drug-likeness (QED) is 0.0538. The van der Waals surface area contributed by atoms with Crippen molar-refractivity contribution in [3.05, 3.63) is 0 Å². The highest BCUT2D eigenvalue weighted by Gasteiger charge is 2.16. The Balaban J connectivity index is -0.000000611. The first-order chi connectivity index (χ1) is 20.4. The van der Waals surface area contributed by atoms with Crippen molar-refractivity contribution in [3.63, 3.8) is 0 Å². The van der Waals surface area contributed by atoms with E-state index in [2.05, 4.69) is 0 Å². The van der Waals surface area contributed by atoms with Crippen LogP contribution in [0.1, 0.15) is 91.9 Å². The first-order valence-electron chi connectivity index (χ1n) is 15.0. The lowest BCUT2D eigenvalue weighted by molar-refractivity contribution is -0.149. The molecule has 0 saturated carbocycles. The van der Waals surface area contributed by atoms with Gasteiger partial charge in [-0.2, -0.15) is 0 Å². The molecule has 15 nitrogen and oxygen atoms in total.